The summed E-state index contributed by atoms with van der Waals surface area (Å²) in [5.41, 5.74) is 0.336. The molecule has 0 aliphatic heterocycles. The van der Waals surface area contributed by atoms with Crippen molar-refractivity contribution in [2.24, 2.45) is 0 Å². The molecule has 0 fully saturated rings. The number of hydrogen-bond acceptors (Lipinski definition) is 6. The Morgan fingerprint density at radius 3 is 2.75 bits per heavy atom. The lowest BCUT2D eigenvalue weighted by atomic mass is 10.2. The van der Waals surface area contributed by atoms with E-state index in [9.17, 15) is 13.2 Å². The van der Waals surface area contributed by atoms with Crippen molar-refractivity contribution in [2.45, 2.75) is 25.3 Å². The topological polar surface area (TPSA) is 102 Å². The highest BCUT2D eigenvalue weighted by Gasteiger charge is 2.16. The van der Waals surface area contributed by atoms with Crippen LogP contribution in [0.1, 0.15) is 29.0 Å². The quantitative estimate of drug-likeness (QED) is 0.827. The molecule has 106 valence electrons. The summed E-state index contributed by atoms with van der Waals surface area (Å²) >= 11 is 0. The van der Waals surface area contributed by atoms with E-state index >= 15 is 0 Å². The molecule has 2 aromatic rings. The Kier molecular flexibility index (Phi) is 3.96. The minimum absolute atomic E-state index is 0.0189. The van der Waals surface area contributed by atoms with Crippen LogP contribution in [0.3, 0.4) is 0 Å². The first-order chi connectivity index (χ1) is 9.38. The minimum atomic E-state index is -3.73. The largest absolute Gasteiger partial charge is 0.340 e. The second-order valence-electron chi connectivity index (χ2n) is 4.14. The highest BCUT2D eigenvalue weighted by Crippen LogP contribution is 2.12. The van der Waals surface area contributed by atoms with E-state index in [0.29, 0.717) is 11.5 Å². The van der Waals surface area contributed by atoms with Crippen molar-refractivity contribution in [1.29, 1.82) is 0 Å². The van der Waals surface area contributed by atoms with Crippen molar-refractivity contribution < 1.29 is 17.7 Å². The van der Waals surface area contributed by atoms with Crippen molar-refractivity contribution in [3.05, 3.63) is 41.5 Å². The van der Waals surface area contributed by atoms with E-state index in [1.54, 1.807) is 13.0 Å². The highest BCUT2D eigenvalue weighted by atomic mass is 32.2. The standard InChI is InChI=1S/C12H13N3O4S/c1-8(16)10-4-3-5-11(6-10)20(17,18)13-7-12-14-9(2)19-15-12/h3-6,13H,7H2,1-2H3. The molecule has 1 heterocycles. The highest BCUT2D eigenvalue weighted by molar-refractivity contribution is 7.89. The third kappa shape index (κ3) is 3.28. The Bertz CT molecular complexity index is 737. The van der Waals surface area contributed by atoms with Crippen molar-refractivity contribution in [3.63, 3.8) is 0 Å². The molecule has 0 aliphatic carbocycles. The van der Waals surface area contributed by atoms with E-state index in [4.69, 9.17) is 4.52 Å². The molecule has 0 bridgehead atoms. The number of hydrogen-bond donors (Lipinski definition) is 1. The molecular formula is C12H13N3O4S. The first-order valence-corrected chi connectivity index (χ1v) is 7.26. The lowest BCUT2D eigenvalue weighted by Crippen LogP contribution is -2.24. The maximum Gasteiger partial charge on any atom is 0.241 e. The van der Waals surface area contributed by atoms with Crippen LogP contribution >= 0.6 is 0 Å². The first-order valence-electron chi connectivity index (χ1n) is 5.78. The zero-order valence-corrected chi connectivity index (χ0v) is 11.8. The average molecular weight is 295 g/mol. The van der Waals surface area contributed by atoms with Crippen LogP contribution in [-0.4, -0.2) is 24.3 Å². The molecule has 0 atom stereocenters. The van der Waals surface area contributed by atoms with Gasteiger partial charge in [0, 0.05) is 12.5 Å². The van der Waals surface area contributed by atoms with Gasteiger partial charge in [0.2, 0.25) is 15.9 Å². The van der Waals surface area contributed by atoms with Crippen LogP contribution in [0.4, 0.5) is 0 Å². The Balaban J connectivity index is 2.17. The van der Waals surface area contributed by atoms with Crippen molar-refractivity contribution in [2.75, 3.05) is 0 Å². The zero-order valence-electron chi connectivity index (χ0n) is 11.0. The van der Waals surface area contributed by atoms with E-state index in [-0.39, 0.29) is 23.0 Å². The second-order valence-corrected chi connectivity index (χ2v) is 5.91. The fourth-order valence-corrected chi connectivity index (χ4v) is 2.56. The van der Waals surface area contributed by atoms with Gasteiger partial charge in [0.15, 0.2) is 11.6 Å². The van der Waals surface area contributed by atoms with Crippen LogP contribution < -0.4 is 4.72 Å². The van der Waals surface area contributed by atoms with Crippen LogP contribution in [0.2, 0.25) is 0 Å². The Labute approximate surface area is 116 Å². The molecule has 7 nitrogen and oxygen atoms in total. The van der Waals surface area contributed by atoms with E-state index in [0.717, 1.165) is 0 Å². The smallest absolute Gasteiger partial charge is 0.241 e. The van der Waals surface area contributed by atoms with Gasteiger partial charge >= 0.3 is 0 Å². The SMILES string of the molecule is CC(=O)c1cccc(S(=O)(=O)NCc2noc(C)n2)c1. The van der Waals surface area contributed by atoms with Gasteiger partial charge in [-0.05, 0) is 19.1 Å². The number of ketones is 1. The number of rotatable bonds is 5. The van der Waals surface area contributed by atoms with Gasteiger partial charge in [0.1, 0.15) is 0 Å². The summed E-state index contributed by atoms with van der Waals surface area (Å²) in [4.78, 5) is 15.2. The zero-order chi connectivity index (χ0) is 14.8. The molecule has 0 saturated carbocycles. The van der Waals surface area contributed by atoms with Gasteiger partial charge in [0.05, 0.1) is 11.4 Å². The van der Waals surface area contributed by atoms with Crippen molar-refractivity contribution >= 4 is 15.8 Å². The number of nitrogens with zero attached hydrogens (tertiary/aromatic N) is 2. The minimum Gasteiger partial charge on any atom is -0.340 e. The fraction of sp³-hybridized carbons (Fsp3) is 0.250. The fourth-order valence-electron chi connectivity index (χ4n) is 1.54. The van der Waals surface area contributed by atoms with Crippen LogP contribution in [0.25, 0.3) is 0 Å². The van der Waals surface area contributed by atoms with Crippen LogP contribution in [0, 0.1) is 6.92 Å². The molecular weight excluding hydrogens is 282 g/mol. The van der Waals surface area contributed by atoms with Gasteiger partial charge < -0.3 is 4.52 Å². The molecule has 0 unspecified atom stereocenters. The third-order valence-corrected chi connectivity index (χ3v) is 3.94. The first kappa shape index (κ1) is 14.4. The Hall–Kier alpha value is -2.06. The Morgan fingerprint density at radius 2 is 2.15 bits per heavy atom. The maximum absolute atomic E-state index is 12.1. The normalized spacial score (nSPS) is 11.5. The molecule has 0 amide bonds. The average Bonchev–Trinajstić information content (AvgIpc) is 2.82. The molecule has 2 rings (SSSR count). The van der Waals surface area contributed by atoms with Crippen molar-refractivity contribution in [3.8, 4) is 0 Å². The summed E-state index contributed by atoms with van der Waals surface area (Å²) in [6, 6.07) is 5.82. The lowest BCUT2D eigenvalue weighted by molar-refractivity contribution is 0.101. The molecule has 8 heteroatoms. The van der Waals surface area contributed by atoms with Gasteiger partial charge in [-0.3, -0.25) is 4.79 Å². The van der Waals surface area contributed by atoms with Gasteiger partial charge in [-0.1, -0.05) is 17.3 Å². The third-order valence-electron chi connectivity index (χ3n) is 2.54. The molecule has 1 aromatic carbocycles. The number of aromatic nitrogens is 2. The number of Topliss-reactive ketones (excluding diaryl/α,β-unsaturated/α-hetero) is 1. The van der Waals surface area contributed by atoms with Gasteiger partial charge in [-0.15, -0.1) is 0 Å². The van der Waals surface area contributed by atoms with E-state index < -0.39 is 10.0 Å². The number of sulfonamides is 1. The summed E-state index contributed by atoms with van der Waals surface area (Å²) in [6.07, 6.45) is 0. The van der Waals surface area contributed by atoms with Gasteiger partial charge in [-0.2, -0.15) is 4.98 Å². The number of carbonyl (C=O) groups excluding carboxylic acids is 1. The molecule has 0 spiro atoms. The van der Waals surface area contributed by atoms with E-state index in [1.807, 2.05) is 0 Å². The summed E-state index contributed by atoms with van der Waals surface area (Å²) in [5, 5.41) is 3.59. The number of carbonyl (C=O) groups is 1. The maximum atomic E-state index is 12.1. The van der Waals surface area contributed by atoms with Crippen molar-refractivity contribution in [1.82, 2.24) is 14.9 Å². The molecule has 0 aliphatic rings. The molecule has 0 radical (unpaired) electrons. The summed E-state index contributed by atoms with van der Waals surface area (Å²) in [6.45, 7) is 2.91. The summed E-state index contributed by atoms with van der Waals surface area (Å²) < 4.78 is 31.2. The van der Waals surface area contributed by atoms with Crippen LogP contribution in [-0.2, 0) is 16.6 Å². The van der Waals surface area contributed by atoms with Crippen LogP contribution in [0.5, 0.6) is 0 Å². The summed E-state index contributed by atoms with van der Waals surface area (Å²) in [5.74, 6) is 0.405. The molecule has 20 heavy (non-hydrogen) atoms. The molecule has 1 aromatic heterocycles. The number of benzene rings is 1. The number of nitrogens with one attached hydrogen (secondary N) is 1. The van der Waals surface area contributed by atoms with E-state index in [1.165, 1.54) is 25.1 Å². The van der Waals surface area contributed by atoms with Crippen LogP contribution in [0.15, 0.2) is 33.7 Å². The predicted octanol–water partition coefficient (Wildman–Crippen LogP) is 1.06. The predicted molar refractivity (Wildman–Crippen MR) is 69.5 cm³/mol. The van der Waals surface area contributed by atoms with Gasteiger partial charge in [-0.25, -0.2) is 13.1 Å². The molecule has 0 saturated heterocycles. The van der Waals surface area contributed by atoms with Gasteiger partial charge in [0.25, 0.3) is 0 Å². The monoisotopic (exact) mass is 295 g/mol. The van der Waals surface area contributed by atoms with E-state index in [2.05, 4.69) is 14.9 Å². The summed E-state index contributed by atoms with van der Waals surface area (Å²) in [7, 11) is -3.73. The number of aryl methyl sites for hydroxylation is 1. The second kappa shape index (κ2) is 5.51. The lowest BCUT2D eigenvalue weighted by Gasteiger charge is -2.05. The molecule has 1 N–H and O–H groups in total. The Morgan fingerprint density at radius 1 is 1.40 bits per heavy atom.